The van der Waals surface area contributed by atoms with E-state index in [1.165, 1.54) is 38.5 Å². The van der Waals surface area contributed by atoms with Gasteiger partial charge in [0.15, 0.2) is 0 Å². The molecule has 2 atom stereocenters. The van der Waals surface area contributed by atoms with Gasteiger partial charge in [0.05, 0.1) is 5.41 Å². The van der Waals surface area contributed by atoms with Crippen LogP contribution in [0.25, 0.3) is 0 Å². The van der Waals surface area contributed by atoms with Gasteiger partial charge in [0, 0.05) is 13.1 Å². The van der Waals surface area contributed by atoms with E-state index in [0.717, 1.165) is 24.9 Å². The first-order valence-corrected chi connectivity index (χ1v) is 7.80. The summed E-state index contributed by atoms with van der Waals surface area (Å²) in [6.45, 7) is 8.42. The zero-order valence-electron chi connectivity index (χ0n) is 12.2. The topological polar surface area (TPSA) is 20.3 Å². The third-order valence-corrected chi connectivity index (χ3v) is 5.86. The van der Waals surface area contributed by atoms with Crippen molar-refractivity contribution in [3.63, 3.8) is 0 Å². The number of hydrogen-bond donors (Lipinski definition) is 0. The van der Waals surface area contributed by atoms with Crippen LogP contribution in [0.1, 0.15) is 59.3 Å². The second-order valence-electron chi connectivity index (χ2n) is 7.53. The Bertz CT molecular complexity index is 344. The molecule has 0 aromatic rings. The molecule has 0 N–H and O–H groups in total. The Morgan fingerprint density at radius 1 is 1.11 bits per heavy atom. The van der Waals surface area contributed by atoms with E-state index in [4.69, 9.17) is 0 Å². The average molecular weight is 249 g/mol. The molecule has 0 aromatic carbocycles. The summed E-state index contributed by atoms with van der Waals surface area (Å²) in [7, 11) is 0. The molecular formula is C16H27NO. The lowest BCUT2D eigenvalue weighted by atomic mass is 9.44. The highest BCUT2D eigenvalue weighted by molar-refractivity contribution is 5.83. The van der Waals surface area contributed by atoms with Crippen LogP contribution in [-0.2, 0) is 4.79 Å². The molecule has 0 aromatic heterocycles. The maximum Gasteiger partial charge on any atom is 0.228 e. The van der Waals surface area contributed by atoms with Crippen LogP contribution in [0.15, 0.2) is 0 Å². The molecule has 4 fully saturated rings. The van der Waals surface area contributed by atoms with E-state index in [-0.39, 0.29) is 5.41 Å². The highest BCUT2D eigenvalue weighted by Gasteiger charge is 2.59. The lowest BCUT2D eigenvalue weighted by Crippen LogP contribution is -2.57. The normalized spacial score (nSPS) is 45.3. The number of amides is 1. The second-order valence-corrected chi connectivity index (χ2v) is 7.53. The molecule has 4 rings (SSSR count). The zero-order chi connectivity index (χ0) is 13.0. The highest BCUT2D eigenvalue weighted by atomic mass is 16.2. The molecule has 0 aliphatic heterocycles. The molecule has 0 saturated heterocycles. The predicted octanol–water partition coefficient (Wildman–Crippen LogP) is 3.46. The molecule has 1 amide bonds. The van der Waals surface area contributed by atoms with Crippen LogP contribution in [0.3, 0.4) is 0 Å². The summed E-state index contributed by atoms with van der Waals surface area (Å²) in [5.74, 6) is 2.17. The van der Waals surface area contributed by atoms with Crippen LogP contribution < -0.4 is 0 Å². The van der Waals surface area contributed by atoms with Gasteiger partial charge in [-0.05, 0) is 69.6 Å². The fraction of sp³-hybridized carbons (Fsp3) is 0.938. The minimum Gasteiger partial charge on any atom is -0.343 e. The summed E-state index contributed by atoms with van der Waals surface area (Å²) in [6, 6.07) is 0. The largest absolute Gasteiger partial charge is 0.343 e. The number of carbonyl (C=O) groups excluding carboxylic acids is 1. The monoisotopic (exact) mass is 249 g/mol. The molecule has 0 radical (unpaired) electrons. The van der Waals surface area contributed by atoms with Gasteiger partial charge in [-0.1, -0.05) is 6.92 Å². The molecule has 2 nitrogen and oxygen atoms in total. The van der Waals surface area contributed by atoms with Crippen molar-refractivity contribution in [2.45, 2.75) is 59.3 Å². The highest BCUT2D eigenvalue weighted by Crippen LogP contribution is 2.65. The molecule has 4 bridgehead atoms. The van der Waals surface area contributed by atoms with E-state index in [9.17, 15) is 4.79 Å². The maximum atomic E-state index is 12.9. The Morgan fingerprint density at radius 3 is 2.11 bits per heavy atom. The van der Waals surface area contributed by atoms with Gasteiger partial charge >= 0.3 is 0 Å². The Morgan fingerprint density at radius 2 is 1.67 bits per heavy atom. The molecule has 18 heavy (non-hydrogen) atoms. The van der Waals surface area contributed by atoms with Gasteiger partial charge in [-0.25, -0.2) is 0 Å². The van der Waals surface area contributed by atoms with E-state index in [1.807, 2.05) is 0 Å². The summed E-state index contributed by atoms with van der Waals surface area (Å²) in [6.07, 6.45) is 7.72. The summed E-state index contributed by atoms with van der Waals surface area (Å²) >= 11 is 0. The van der Waals surface area contributed by atoms with Gasteiger partial charge in [0.25, 0.3) is 0 Å². The van der Waals surface area contributed by atoms with Gasteiger partial charge in [-0.2, -0.15) is 0 Å². The Kier molecular flexibility index (Phi) is 2.76. The molecule has 2 unspecified atom stereocenters. The van der Waals surface area contributed by atoms with Crippen molar-refractivity contribution >= 4 is 5.91 Å². The first-order valence-electron chi connectivity index (χ1n) is 7.80. The third-order valence-electron chi connectivity index (χ3n) is 5.86. The van der Waals surface area contributed by atoms with Crippen molar-refractivity contribution in [2.75, 3.05) is 13.1 Å². The fourth-order valence-electron chi connectivity index (χ4n) is 5.82. The lowest BCUT2D eigenvalue weighted by Gasteiger charge is -2.61. The van der Waals surface area contributed by atoms with Crippen molar-refractivity contribution in [3.05, 3.63) is 0 Å². The average Bonchev–Trinajstić information content (AvgIpc) is 2.27. The van der Waals surface area contributed by atoms with Crippen molar-refractivity contribution in [3.8, 4) is 0 Å². The van der Waals surface area contributed by atoms with Crippen molar-refractivity contribution in [2.24, 2.45) is 22.7 Å². The molecule has 0 spiro atoms. The van der Waals surface area contributed by atoms with Gasteiger partial charge in [0.1, 0.15) is 0 Å². The summed E-state index contributed by atoms with van der Waals surface area (Å²) in [5, 5.41) is 0. The summed E-state index contributed by atoms with van der Waals surface area (Å²) < 4.78 is 0. The van der Waals surface area contributed by atoms with Gasteiger partial charge in [-0.15, -0.1) is 0 Å². The van der Waals surface area contributed by atoms with Crippen molar-refractivity contribution in [1.29, 1.82) is 0 Å². The first-order chi connectivity index (χ1) is 8.50. The van der Waals surface area contributed by atoms with Crippen LogP contribution in [0.5, 0.6) is 0 Å². The van der Waals surface area contributed by atoms with Crippen molar-refractivity contribution in [1.82, 2.24) is 4.90 Å². The molecule has 2 heteroatoms. The number of rotatable bonds is 3. The maximum absolute atomic E-state index is 12.9. The van der Waals surface area contributed by atoms with Crippen molar-refractivity contribution < 1.29 is 4.79 Å². The van der Waals surface area contributed by atoms with Crippen LogP contribution in [0, 0.1) is 22.7 Å². The van der Waals surface area contributed by atoms with E-state index >= 15 is 0 Å². The van der Waals surface area contributed by atoms with E-state index < -0.39 is 0 Å². The minimum atomic E-state index is 0.0326. The predicted molar refractivity (Wildman–Crippen MR) is 73.2 cm³/mol. The standard InChI is InChI=1S/C16H27NO/c1-4-17(5-2)14(18)16-9-12-6-13(10-16)8-15(3,7-12)11-16/h12-13H,4-11H2,1-3H3. The fourth-order valence-corrected chi connectivity index (χ4v) is 5.82. The zero-order valence-corrected chi connectivity index (χ0v) is 12.2. The molecule has 0 heterocycles. The van der Waals surface area contributed by atoms with E-state index in [1.54, 1.807) is 0 Å². The van der Waals surface area contributed by atoms with Gasteiger partial charge in [0.2, 0.25) is 5.91 Å². The molecule has 4 aliphatic rings. The molecular weight excluding hydrogens is 222 g/mol. The Balaban J connectivity index is 1.89. The van der Waals surface area contributed by atoms with Crippen LogP contribution >= 0.6 is 0 Å². The lowest BCUT2D eigenvalue weighted by molar-refractivity contribution is -0.165. The van der Waals surface area contributed by atoms with Crippen LogP contribution in [0.4, 0.5) is 0 Å². The molecule has 4 aliphatic carbocycles. The van der Waals surface area contributed by atoms with Gasteiger partial charge < -0.3 is 4.90 Å². The third kappa shape index (κ3) is 1.71. The number of nitrogens with zero attached hydrogens (tertiary/aromatic N) is 1. The van der Waals surface area contributed by atoms with Crippen LogP contribution in [-0.4, -0.2) is 23.9 Å². The SMILES string of the molecule is CCN(CC)C(=O)C12CC3CC(CC(C)(C3)C1)C2. The second kappa shape index (κ2) is 3.98. The first kappa shape index (κ1) is 12.5. The smallest absolute Gasteiger partial charge is 0.228 e. The number of carbonyl (C=O) groups is 1. The molecule has 102 valence electrons. The quantitative estimate of drug-likeness (QED) is 0.750. The summed E-state index contributed by atoms with van der Waals surface area (Å²) in [4.78, 5) is 15.0. The molecule has 4 saturated carbocycles. The van der Waals surface area contributed by atoms with E-state index in [0.29, 0.717) is 11.3 Å². The van der Waals surface area contributed by atoms with E-state index in [2.05, 4.69) is 25.7 Å². The Labute approximate surface area is 111 Å². The number of hydrogen-bond acceptors (Lipinski definition) is 1. The minimum absolute atomic E-state index is 0.0326. The summed E-state index contributed by atoms with van der Waals surface area (Å²) in [5.41, 5.74) is 0.512. The van der Waals surface area contributed by atoms with Gasteiger partial charge in [-0.3, -0.25) is 4.79 Å². The van der Waals surface area contributed by atoms with Crippen LogP contribution in [0.2, 0.25) is 0 Å². The Hall–Kier alpha value is -0.530.